The van der Waals surface area contributed by atoms with Crippen molar-refractivity contribution in [3.63, 3.8) is 0 Å². The monoisotopic (exact) mass is 336 g/mol. The van der Waals surface area contributed by atoms with Gasteiger partial charge in [-0.25, -0.2) is 0 Å². The second kappa shape index (κ2) is 3.59. The summed E-state index contributed by atoms with van der Waals surface area (Å²) in [6.45, 7) is 9.22. The van der Waals surface area contributed by atoms with Gasteiger partial charge in [-0.05, 0) is 0 Å². The van der Waals surface area contributed by atoms with Gasteiger partial charge in [0.1, 0.15) is 0 Å². The molecule has 0 heterocycles. The van der Waals surface area contributed by atoms with Crippen LogP contribution in [0.15, 0.2) is 0 Å². The number of hydrogen-bond donors (Lipinski definition) is 0. The van der Waals surface area contributed by atoms with Crippen molar-refractivity contribution >= 4 is 13.9 Å². The average Bonchev–Trinajstić information content (AvgIpc) is 1.67. The van der Waals surface area contributed by atoms with Crippen LogP contribution in [-0.4, -0.2) is 19.0 Å². The summed E-state index contributed by atoms with van der Waals surface area (Å²) in [4.78, 5) is 0. The summed E-state index contributed by atoms with van der Waals surface area (Å²) in [6.07, 6.45) is 0. The van der Waals surface area contributed by atoms with Gasteiger partial charge in [0.15, 0.2) is 0 Å². The Labute approximate surface area is 64.3 Å². The van der Waals surface area contributed by atoms with E-state index < -0.39 is 4.69 Å². The molecule has 56 valence electrons. The van der Waals surface area contributed by atoms with E-state index in [1.54, 1.807) is 0 Å². The van der Waals surface area contributed by atoms with Crippen molar-refractivity contribution in [1.29, 1.82) is 0 Å². The molecule has 0 spiro atoms. The summed E-state index contributed by atoms with van der Waals surface area (Å²) >= 11 is 0.104. The summed E-state index contributed by atoms with van der Waals surface area (Å²) in [7, 11) is 5.83. The van der Waals surface area contributed by atoms with E-state index in [0.717, 1.165) is 5.66 Å². The Hall–Kier alpha value is 1.46. The Morgan fingerprint density at radius 3 is 1.75 bits per heavy atom. The summed E-state index contributed by atoms with van der Waals surface area (Å²) in [5, 5.41) is 0. The molecule has 0 N–H and O–H groups in total. The van der Waals surface area contributed by atoms with E-state index in [9.17, 15) is 0 Å². The Morgan fingerprint density at radius 1 is 1.38 bits per heavy atom. The predicted octanol–water partition coefficient (Wildman–Crippen LogP) is 2.82. The number of halogens is 1. The fourth-order valence-corrected chi connectivity index (χ4v) is 4.34. The number of rotatable bonds is 1. The fraction of sp³-hybridized carbons (Fsp3) is 1.00. The molecule has 3 heteroatoms. The minimum absolute atomic E-state index is 0.104. The Bertz CT molecular complexity index is 114. The van der Waals surface area contributed by atoms with Gasteiger partial charge in [0.25, 0.3) is 0 Å². The first-order valence-electron chi connectivity index (χ1n) is 2.56. The van der Waals surface area contributed by atoms with Crippen molar-refractivity contribution in [1.82, 2.24) is 0 Å². The van der Waals surface area contributed by atoms with Crippen LogP contribution >= 0.6 is 13.9 Å². The Balaban J connectivity index is 4.15. The van der Waals surface area contributed by atoms with Gasteiger partial charge >= 0.3 is 64.4 Å². The zero-order valence-electron chi connectivity index (χ0n) is 5.70. The Kier molecular flexibility index (Phi) is 4.24. The fourth-order valence-electron chi connectivity index (χ4n) is 0.0588. The van der Waals surface area contributed by atoms with Crippen LogP contribution in [0.4, 0.5) is 0 Å². The van der Waals surface area contributed by atoms with Crippen molar-refractivity contribution < 1.29 is 17.6 Å². The third-order valence-corrected chi connectivity index (χ3v) is 16.6. The van der Waals surface area contributed by atoms with Gasteiger partial charge in [-0.15, -0.1) is 0 Å². The molecule has 0 fully saturated rings. The molecule has 0 aliphatic rings. The van der Waals surface area contributed by atoms with Gasteiger partial charge in [-0.3, -0.25) is 0 Å². The van der Waals surface area contributed by atoms with Gasteiger partial charge in [0.05, 0.1) is 0 Å². The van der Waals surface area contributed by atoms with E-state index in [4.69, 9.17) is 9.19 Å². The van der Waals surface area contributed by atoms with Crippen LogP contribution in [0, 0.1) is 0 Å². The second-order valence-electron chi connectivity index (χ2n) is 2.46. The molecule has 0 bridgehead atoms. The molecule has 0 amide bonds. The van der Waals surface area contributed by atoms with Gasteiger partial charge in [0, 0.05) is 0 Å². The maximum absolute atomic E-state index is 5.83. The zero-order valence-corrected chi connectivity index (χ0v) is 9.52. The molecular weight excluding hydrogens is 323 g/mol. The van der Waals surface area contributed by atoms with Crippen LogP contribution in [0.2, 0.25) is 0 Å². The zero-order chi connectivity index (χ0) is 6.78. The predicted molar refractivity (Wildman–Crippen MR) is 39.8 cm³/mol. The summed E-state index contributed by atoms with van der Waals surface area (Å²) in [6, 6.07) is 0. The van der Waals surface area contributed by atoms with Gasteiger partial charge in [-0.1, -0.05) is 0 Å². The van der Waals surface area contributed by atoms with Crippen LogP contribution in [0.5, 0.6) is 0 Å². The molecule has 0 aromatic rings. The molecule has 0 saturated heterocycles. The molecule has 0 aromatic carbocycles. The van der Waals surface area contributed by atoms with Crippen molar-refractivity contribution in [3.05, 3.63) is 0 Å². The minimum atomic E-state index is -0.633. The van der Waals surface area contributed by atoms with Gasteiger partial charge < -0.3 is 0 Å². The van der Waals surface area contributed by atoms with Crippen molar-refractivity contribution in [2.45, 2.75) is 19.5 Å². The van der Waals surface area contributed by atoms with Crippen molar-refractivity contribution in [2.24, 2.45) is 0 Å². The average molecular weight is 337 g/mol. The third kappa shape index (κ3) is 2.85. The SMILES string of the molecule is CC(C)[P](C)(C)=[Au][Cl]. The maximum atomic E-state index is 5.83. The normalized spacial score (nSPS) is 13.2. The van der Waals surface area contributed by atoms with Crippen molar-refractivity contribution in [2.75, 3.05) is 13.3 Å². The van der Waals surface area contributed by atoms with Crippen LogP contribution < -0.4 is 0 Å². The molecule has 0 aliphatic heterocycles. The van der Waals surface area contributed by atoms with E-state index in [2.05, 4.69) is 27.2 Å². The third-order valence-electron chi connectivity index (χ3n) is 1.32. The first kappa shape index (κ1) is 9.46. The van der Waals surface area contributed by atoms with Crippen LogP contribution in [-0.2, 0) is 17.6 Å². The summed E-state index contributed by atoms with van der Waals surface area (Å²) in [5.74, 6) is 0. The van der Waals surface area contributed by atoms with E-state index in [-0.39, 0.29) is 17.6 Å². The first-order valence-corrected chi connectivity index (χ1v) is 10.7. The summed E-state index contributed by atoms with van der Waals surface area (Å²) in [5.41, 5.74) is 0.835. The van der Waals surface area contributed by atoms with Crippen LogP contribution in [0.25, 0.3) is 0 Å². The second-order valence-corrected chi connectivity index (χ2v) is 17.3. The first-order chi connectivity index (χ1) is 3.50. The van der Waals surface area contributed by atoms with Crippen LogP contribution in [0.3, 0.4) is 0 Å². The van der Waals surface area contributed by atoms with Gasteiger partial charge in [0.2, 0.25) is 0 Å². The molecule has 0 radical (unpaired) electrons. The molecular formula is C5H13AuClP. The van der Waals surface area contributed by atoms with E-state index >= 15 is 0 Å². The number of hydrogen-bond acceptors (Lipinski definition) is 0. The molecule has 8 heavy (non-hydrogen) atoms. The molecule has 0 saturated carbocycles. The summed E-state index contributed by atoms with van der Waals surface area (Å²) < 4.78 is -0.633. The van der Waals surface area contributed by atoms with Crippen LogP contribution in [0.1, 0.15) is 13.8 Å². The molecule has 0 unspecified atom stereocenters. The Morgan fingerprint density at radius 2 is 1.75 bits per heavy atom. The van der Waals surface area contributed by atoms with Gasteiger partial charge in [-0.2, -0.15) is 0 Å². The van der Waals surface area contributed by atoms with E-state index in [1.807, 2.05) is 0 Å². The quantitative estimate of drug-likeness (QED) is 0.510. The molecule has 0 rings (SSSR count). The molecule has 0 nitrogen and oxygen atoms in total. The van der Waals surface area contributed by atoms with E-state index in [1.165, 1.54) is 0 Å². The molecule has 0 aromatic heterocycles. The standard InChI is InChI=1S/C5H13P.Au.ClH/c1-5(2)6(3)4;;/h5H,1-4H3;;1H/q;+1;/p-1. The molecule has 0 atom stereocenters. The van der Waals surface area contributed by atoms with E-state index in [0.29, 0.717) is 0 Å². The van der Waals surface area contributed by atoms with Crippen molar-refractivity contribution in [3.8, 4) is 0 Å². The molecule has 0 aliphatic carbocycles. The topological polar surface area (TPSA) is 0 Å².